The van der Waals surface area contributed by atoms with Gasteiger partial charge in [0.15, 0.2) is 5.69 Å². The van der Waals surface area contributed by atoms with Crippen molar-refractivity contribution in [3.05, 3.63) is 72.2 Å². The Labute approximate surface area is 223 Å². The first-order valence-corrected chi connectivity index (χ1v) is 11.5. The minimum atomic E-state index is -2.75. The summed E-state index contributed by atoms with van der Waals surface area (Å²) in [5.41, 5.74) is 3.38. The van der Waals surface area contributed by atoms with Crippen LogP contribution in [-0.4, -0.2) is 45.3 Å². The number of hydrogen-bond donors (Lipinski definition) is 1. The van der Waals surface area contributed by atoms with Gasteiger partial charge in [-0.15, -0.1) is 17.5 Å². The van der Waals surface area contributed by atoms with Crippen LogP contribution in [0.25, 0.3) is 27.9 Å². The lowest BCUT2D eigenvalue weighted by Gasteiger charge is -2.17. The third kappa shape index (κ3) is 5.25. The lowest BCUT2D eigenvalue weighted by Crippen LogP contribution is -2.24. The topological polar surface area (TPSA) is 108 Å². The largest absolute Gasteiger partial charge is 0.346 e. The lowest BCUT2D eigenvalue weighted by atomic mass is 10.0. The number of amides is 1. The maximum absolute atomic E-state index is 14.1. The van der Waals surface area contributed by atoms with Crippen LogP contribution in [0.4, 0.5) is 8.78 Å². The molecule has 0 aliphatic heterocycles. The van der Waals surface area contributed by atoms with Gasteiger partial charge in [0.25, 0.3) is 12.3 Å². The molecule has 0 unspecified atom stereocenters. The van der Waals surface area contributed by atoms with Gasteiger partial charge in [0.05, 0.1) is 29.1 Å². The Bertz CT molecular complexity index is 1600. The van der Waals surface area contributed by atoms with Gasteiger partial charge in [0, 0.05) is 48.2 Å². The summed E-state index contributed by atoms with van der Waals surface area (Å²) in [6, 6.07) is 6.59. The van der Waals surface area contributed by atoms with Gasteiger partial charge >= 0.3 is 0 Å². The van der Waals surface area contributed by atoms with Crippen LogP contribution in [0.3, 0.4) is 0 Å². The normalized spacial score (nSPS) is 11.7. The van der Waals surface area contributed by atoms with E-state index in [0.717, 1.165) is 11.1 Å². The number of nitrogens with zero attached hydrogens (tertiary/aromatic N) is 8. The number of rotatable bonds is 6. The molecular formula is C25H26ClF2N9O. The molecular weight excluding hydrogens is 516 g/mol. The second-order valence-electron chi connectivity index (χ2n) is 9.69. The summed E-state index contributed by atoms with van der Waals surface area (Å²) in [7, 11) is 1.83. The molecule has 0 radical (unpaired) electrons. The molecule has 0 atom stereocenters. The fourth-order valence-corrected chi connectivity index (χ4v) is 3.95. The number of carbonyl (C=O) groups is 1. The Kier molecular flexibility index (Phi) is 7.27. The van der Waals surface area contributed by atoms with Gasteiger partial charge in [0.2, 0.25) is 0 Å². The van der Waals surface area contributed by atoms with Gasteiger partial charge in [-0.2, -0.15) is 10.2 Å². The fourth-order valence-electron chi connectivity index (χ4n) is 3.95. The van der Waals surface area contributed by atoms with E-state index in [-0.39, 0.29) is 35.7 Å². The van der Waals surface area contributed by atoms with Crippen LogP contribution < -0.4 is 5.32 Å². The summed E-state index contributed by atoms with van der Waals surface area (Å²) >= 11 is 0. The Hall–Kier alpha value is -4.19. The van der Waals surface area contributed by atoms with Gasteiger partial charge in [0.1, 0.15) is 6.33 Å². The minimum Gasteiger partial charge on any atom is -0.346 e. The molecule has 1 N–H and O–H groups in total. The number of aromatic nitrogens is 8. The van der Waals surface area contributed by atoms with E-state index in [1.165, 1.54) is 18.6 Å². The highest BCUT2D eigenvalue weighted by Crippen LogP contribution is 2.32. The van der Waals surface area contributed by atoms with Gasteiger partial charge in [-0.25, -0.2) is 23.0 Å². The van der Waals surface area contributed by atoms with Crippen LogP contribution in [0.15, 0.2) is 55.4 Å². The zero-order valence-electron chi connectivity index (χ0n) is 21.1. The quantitative estimate of drug-likeness (QED) is 0.341. The van der Waals surface area contributed by atoms with Gasteiger partial charge in [-0.05, 0) is 38.5 Å². The molecule has 10 nitrogen and oxygen atoms in total. The molecule has 0 spiro atoms. The van der Waals surface area contributed by atoms with Crippen LogP contribution >= 0.6 is 12.4 Å². The van der Waals surface area contributed by atoms with Crippen molar-refractivity contribution in [3.8, 4) is 22.4 Å². The van der Waals surface area contributed by atoms with E-state index in [4.69, 9.17) is 0 Å². The fraction of sp³-hybridized carbons (Fsp3) is 0.280. The average molecular weight is 542 g/mol. The number of benzene rings is 1. The summed E-state index contributed by atoms with van der Waals surface area (Å²) in [4.78, 5) is 16.9. The molecule has 0 fully saturated rings. The van der Waals surface area contributed by atoms with E-state index in [1.54, 1.807) is 32.2 Å². The average Bonchev–Trinajstić information content (AvgIpc) is 3.60. The van der Waals surface area contributed by atoms with E-state index in [1.807, 2.05) is 46.3 Å². The van der Waals surface area contributed by atoms with Crippen molar-refractivity contribution in [1.29, 1.82) is 0 Å². The molecule has 4 heterocycles. The smallest absolute Gasteiger partial charge is 0.273 e. The van der Waals surface area contributed by atoms with Crippen LogP contribution in [0, 0.1) is 0 Å². The van der Waals surface area contributed by atoms with Crippen LogP contribution in [0.2, 0.25) is 0 Å². The molecule has 1 amide bonds. The molecule has 5 rings (SSSR count). The number of aryl methyl sites for hydroxylation is 1. The SMILES string of the molecule is Cl.Cn1cc(-c2cc3c(-c4ccc(CNC(=O)c5cn(C(C)(C)C)nn5)c(C(F)F)c4)ncnn3c2)cn1. The summed E-state index contributed by atoms with van der Waals surface area (Å²) in [6.45, 7) is 5.70. The Morgan fingerprint density at radius 3 is 2.50 bits per heavy atom. The predicted molar refractivity (Wildman–Crippen MR) is 139 cm³/mol. The number of nitrogens with one attached hydrogen (secondary N) is 1. The van der Waals surface area contributed by atoms with Crippen molar-refractivity contribution in [1.82, 2.24) is 44.7 Å². The molecule has 198 valence electrons. The Morgan fingerprint density at radius 2 is 1.84 bits per heavy atom. The summed E-state index contributed by atoms with van der Waals surface area (Å²) in [5.74, 6) is -0.492. The summed E-state index contributed by atoms with van der Waals surface area (Å²) in [5, 5.41) is 19.0. The molecule has 0 bridgehead atoms. The second-order valence-corrected chi connectivity index (χ2v) is 9.69. The monoisotopic (exact) mass is 541 g/mol. The Morgan fingerprint density at radius 1 is 1.05 bits per heavy atom. The van der Waals surface area contributed by atoms with Gasteiger partial charge in [-0.1, -0.05) is 17.3 Å². The maximum Gasteiger partial charge on any atom is 0.273 e. The molecule has 38 heavy (non-hydrogen) atoms. The van der Waals surface area contributed by atoms with E-state index < -0.39 is 12.3 Å². The minimum absolute atomic E-state index is 0. The third-order valence-corrected chi connectivity index (χ3v) is 5.95. The van der Waals surface area contributed by atoms with Crippen molar-refractivity contribution >= 4 is 23.8 Å². The van der Waals surface area contributed by atoms with Crippen molar-refractivity contribution in [2.75, 3.05) is 0 Å². The molecule has 1 aromatic carbocycles. The molecule has 5 aromatic rings. The highest BCUT2D eigenvalue weighted by Gasteiger charge is 2.20. The first-order valence-electron chi connectivity index (χ1n) is 11.5. The zero-order valence-corrected chi connectivity index (χ0v) is 21.9. The van der Waals surface area contributed by atoms with Crippen molar-refractivity contribution < 1.29 is 13.6 Å². The molecule has 0 aliphatic carbocycles. The number of hydrogen-bond acceptors (Lipinski definition) is 6. The van der Waals surface area contributed by atoms with E-state index in [2.05, 4.69) is 30.8 Å². The maximum atomic E-state index is 14.1. The number of halogens is 3. The van der Waals surface area contributed by atoms with Crippen LogP contribution in [0.5, 0.6) is 0 Å². The molecule has 0 saturated heterocycles. The van der Waals surface area contributed by atoms with E-state index >= 15 is 0 Å². The Balaban J connectivity index is 0.00000336. The van der Waals surface area contributed by atoms with E-state index in [0.29, 0.717) is 22.3 Å². The standard InChI is InChI=1S/C25H25F2N9O.ClH/c1-25(2,3)36-13-20(32-33-36)24(37)28-9-16-6-5-15(7-19(16)23(26)27)22-21-8-17(12-35(21)31-14-29-22)18-10-30-34(4)11-18;/h5-8,10-14,23H,9H2,1-4H3,(H,28,37);1H. The third-order valence-electron chi connectivity index (χ3n) is 5.95. The molecule has 13 heteroatoms. The zero-order chi connectivity index (χ0) is 26.3. The number of fused-ring (bicyclic) bond motifs is 1. The molecule has 4 aromatic heterocycles. The summed E-state index contributed by atoms with van der Waals surface area (Å²) in [6.07, 6.45) is 5.63. The number of carbonyl (C=O) groups excluding carboxylic acids is 1. The highest BCUT2D eigenvalue weighted by atomic mass is 35.5. The first-order chi connectivity index (χ1) is 17.6. The van der Waals surface area contributed by atoms with Crippen LogP contribution in [-0.2, 0) is 19.1 Å². The predicted octanol–water partition coefficient (Wildman–Crippen LogP) is 4.43. The van der Waals surface area contributed by atoms with Crippen molar-refractivity contribution in [3.63, 3.8) is 0 Å². The lowest BCUT2D eigenvalue weighted by molar-refractivity contribution is 0.0944. The van der Waals surface area contributed by atoms with Crippen molar-refractivity contribution in [2.45, 2.75) is 39.3 Å². The molecule has 0 aliphatic rings. The van der Waals surface area contributed by atoms with Crippen molar-refractivity contribution in [2.24, 2.45) is 7.05 Å². The second kappa shape index (κ2) is 10.3. The first kappa shape index (κ1) is 26.9. The highest BCUT2D eigenvalue weighted by molar-refractivity contribution is 5.91. The molecule has 0 saturated carbocycles. The summed E-state index contributed by atoms with van der Waals surface area (Å²) < 4.78 is 33.1. The van der Waals surface area contributed by atoms with E-state index in [9.17, 15) is 13.6 Å². The number of alkyl halides is 2. The van der Waals surface area contributed by atoms with Gasteiger partial charge < -0.3 is 5.32 Å². The van der Waals surface area contributed by atoms with Crippen LogP contribution in [0.1, 0.15) is 48.8 Å². The van der Waals surface area contributed by atoms with Gasteiger partial charge in [-0.3, -0.25) is 9.48 Å².